The van der Waals surface area contributed by atoms with E-state index in [1.54, 1.807) is 0 Å². The molecule has 2 fully saturated rings. The van der Waals surface area contributed by atoms with Gasteiger partial charge in [0.05, 0.1) is 0 Å². The van der Waals surface area contributed by atoms with Crippen molar-refractivity contribution < 1.29 is 4.79 Å². The van der Waals surface area contributed by atoms with Crippen molar-refractivity contribution in [1.82, 2.24) is 0 Å². The number of hydrogen-bond donors (Lipinski definition) is 0. The molecule has 2 aliphatic carbocycles. The van der Waals surface area contributed by atoms with E-state index in [0.29, 0.717) is 18.1 Å². The Morgan fingerprint density at radius 1 is 0.947 bits per heavy atom. The van der Waals surface area contributed by atoms with Crippen molar-refractivity contribution in [3.63, 3.8) is 0 Å². The van der Waals surface area contributed by atoms with Crippen molar-refractivity contribution in [2.45, 2.75) is 25.7 Å². The van der Waals surface area contributed by atoms with Gasteiger partial charge >= 0.3 is 0 Å². The quantitative estimate of drug-likeness (QED) is 0.804. The Kier molecular flexibility index (Phi) is 2.48. The van der Waals surface area contributed by atoms with Crippen LogP contribution in [0, 0.1) is 17.8 Å². The smallest absolute Gasteiger partial charge is 0.140 e. The number of fused-ring (bicyclic) bond motifs is 2. The van der Waals surface area contributed by atoms with Gasteiger partial charge in [0.25, 0.3) is 0 Å². The second-order valence-corrected chi connectivity index (χ2v) is 6.25. The third kappa shape index (κ3) is 2.07. The van der Waals surface area contributed by atoms with Gasteiger partial charge in [-0.2, -0.15) is 0 Å². The molecule has 0 spiro atoms. The SMILES string of the molecule is O=C(Cc1ccc2ccccc2c1)C1CC2CC2C1. The fraction of sp³-hybridized carbons (Fsp3) is 0.389. The summed E-state index contributed by atoms with van der Waals surface area (Å²) in [6.45, 7) is 0. The monoisotopic (exact) mass is 250 g/mol. The topological polar surface area (TPSA) is 17.1 Å². The van der Waals surface area contributed by atoms with Gasteiger partial charge < -0.3 is 0 Å². The highest BCUT2D eigenvalue weighted by atomic mass is 16.1. The number of Topliss-reactive ketones (excluding diaryl/α,β-unsaturated/α-hetero) is 1. The summed E-state index contributed by atoms with van der Waals surface area (Å²) in [5.41, 5.74) is 1.17. The summed E-state index contributed by atoms with van der Waals surface area (Å²) in [5, 5.41) is 2.49. The second kappa shape index (κ2) is 4.19. The summed E-state index contributed by atoms with van der Waals surface area (Å²) >= 11 is 0. The van der Waals surface area contributed by atoms with Gasteiger partial charge in [-0.3, -0.25) is 4.79 Å². The lowest BCUT2D eigenvalue weighted by Gasteiger charge is -2.10. The minimum atomic E-state index is 0.357. The van der Waals surface area contributed by atoms with E-state index in [9.17, 15) is 4.79 Å². The molecule has 0 bridgehead atoms. The second-order valence-electron chi connectivity index (χ2n) is 6.25. The molecule has 19 heavy (non-hydrogen) atoms. The first kappa shape index (κ1) is 11.2. The van der Waals surface area contributed by atoms with Crippen molar-refractivity contribution in [2.24, 2.45) is 17.8 Å². The minimum Gasteiger partial charge on any atom is -0.299 e. The molecule has 2 aliphatic rings. The van der Waals surface area contributed by atoms with Crippen LogP contribution in [0.1, 0.15) is 24.8 Å². The van der Waals surface area contributed by atoms with E-state index in [0.717, 1.165) is 24.7 Å². The Hall–Kier alpha value is -1.63. The summed E-state index contributed by atoms with van der Waals surface area (Å²) in [5.74, 6) is 2.61. The molecule has 0 N–H and O–H groups in total. The molecule has 2 saturated carbocycles. The molecule has 1 heteroatoms. The lowest BCUT2D eigenvalue weighted by Crippen LogP contribution is -2.15. The van der Waals surface area contributed by atoms with Crippen molar-refractivity contribution in [1.29, 1.82) is 0 Å². The van der Waals surface area contributed by atoms with E-state index in [2.05, 4.69) is 42.5 Å². The zero-order valence-electron chi connectivity index (χ0n) is 11.0. The summed E-state index contributed by atoms with van der Waals surface area (Å²) in [7, 11) is 0. The first-order chi connectivity index (χ1) is 9.29. The number of benzene rings is 2. The molecule has 2 aromatic carbocycles. The number of ketones is 1. The average Bonchev–Trinajstić information content (AvgIpc) is 3.05. The van der Waals surface area contributed by atoms with Gasteiger partial charge in [0, 0.05) is 12.3 Å². The van der Waals surface area contributed by atoms with Crippen LogP contribution in [-0.4, -0.2) is 5.78 Å². The van der Waals surface area contributed by atoms with E-state index in [-0.39, 0.29) is 0 Å². The maximum atomic E-state index is 12.3. The largest absolute Gasteiger partial charge is 0.299 e. The number of rotatable bonds is 3. The standard InChI is InChI=1S/C18H18O/c19-18(17-10-15-9-16(15)11-17)8-12-5-6-13-3-1-2-4-14(13)7-12/h1-7,15-17H,8-11H2. The Bertz CT molecular complexity index is 633. The van der Waals surface area contributed by atoms with Gasteiger partial charge in [-0.1, -0.05) is 42.5 Å². The van der Waals surface area contributed by atoms with Crippen molar-refractivity contribution in [2.75, 3.05) is 0 Å². The molecule has 0 saturated heterocycles. The summed E-state index contributed by atoms with van der Waals surface area (Å²) in [6, 6.07) is 14.7. The molecule has 0 amide bonds. The molecule has 0 aliphatic heterocycles. The van der Waals surface area contributed by atoms with Crippen LogP contribution in [0.2, 0.25) is 0 Å². The van der Waals surface area contributed by atoms with E-state index >= 15 is 0 Å². The van der Waals surface area contributed by atoms with Crippen LogP contribution >= 0.6 is 0 Å². The van der Waals surface area contributed by atoms with Crippen LogP contribution in [-0.2, 0) is 11.2 Å². The predicted octanol–water partition coefficient (Wildman–Crippen LogP) is 4.00. The van der Waals surface area contributed by atoms with E-state index in [4.69, 9.17) is 0 Å². The van der Waals surface area contributed by atoms with Crippen molar-refractivity contribution in [3.05, 3.63) is 48.0 Å². The van der Waals surface area contributed by atoms with Crippen LogP contribution in [0.5, 0.6) is 0 Å². The van der Waals surface area contributed by atoms with Gasteiger partial charge in [0.2, 0.25) is 0 Å². The molecule has 4 rings (SSSR count). The Morgan fingerprint density at radius 2 is 1.68 bits per heavy atom. The molecular weight excluding hydrogens is 232 g/mol. The van der Waals surface area contributed by atoms with Crippen LogP contribution in [0.15, 0.2) is 42.5 Å². The zero-order valence-corrected chi connectivity index (χ0v) is 11.0. The van der Waals surface area contributed by atoms with E-state index < -0.39 is 0 Å². The lowest BCUT2D eigenvalue weighted by atomic mass is 9.93. The lowest BCUT2D eigenvalue weighted by molar-refractivity contribution is -0.122. The summed E-state index contributed by atoms with van der Waals surface area (Å²) in [6.07, 6.45) is 4.34. The fourth-order valence-corrected chi connectivity index (χ4v) is 3.67. The van der Waals surface area contributed by atoms with Crippen molar-refractivity contribution >= 4 is 16.6 Å². The van der Waals surface area contributed by atoms with Crippen LogP contribution in [0.25, 0.3) is 10.8 Å². The molecular formula is C18H18O. The number of carbonyl (C=O) groups is 1. The van der Waals surface area contributed by atoms with E-state index in [1.807, 2.05) is 0 Å². The molecule has 0 aromatic heterocycles. The molecule has 0 heterocycles. The molecule has 2 atom stereocenters. The van der Waals surface area contributed by atoms with Gasteiger partial charge in [0.1, 0.15) is 5.78 Å². The molecule has 2 aromatic rings. The first-order valence-electron chi connectivity index (χ1n) is 7.30. The Morgan fingerprint density at radius 3 is 2.47 bits per heavy atom. The summed E-state index contributed by atoms with van der Waals surface area (Å²) in [4.78, 5) is 12.3. The Balaban J connectivity index is 1.52. The van der Waals surface area contributed by atoms with Gasteiger partial charge in [0.15, 0.2) is 0 Å². The van der Waals surface area contributed by atoms with Crippen LogP contribution < -0.4 is 0 Å². The number of carbonyl (C=O) groups excluding carboxylic acids is 1. The minimum absolute atomic E-state index is 0.357. The molecule has 1 nitrogen and oxygen atoms in total. The zero-order chi connectivity index (χ0) is 12.8. The molecule has 0 radical (unpaired) electrons. The normalized spacial score (nSPS) is 28.3. The maximum absolute atomic E-state index is 12.3. The third-order valence-electron chi connectivity index (χ3n) is 4.89. The average molecular weight is 250 g/mol. The van der Waals surface area contributed by atoms with Crippen LogP contribution in [0.3, 0.4) is 0 Å². The van der Waals surface area contributed by atoms with Gasteiger partial charge in [-0.25, -0.2) is 0 Å². The van der Waals surface area contributed by atoms with Crippen molar-refractivity contribution in [3.8, 4) is 0 Å². The first-order valence-corrected chi connectivity index (χ1v) is 7.30. The highest BCUT2D eigenvalue weighted by molar-refractivity contribution is 5.87. The Labute approximate surface area is 113 Å². The molecule has 2 unspecified atom stereocenters. The van der Waals surface area contributed by atoms with E-state index in [1.165, 1.54) is 22.8 Å². The number of hydrogen-bond acceptors (Lipinski definition) is 1. The van der Waals surface area contributed by atoms with Crippen LogP contribution in [0.4, 0.5) is 0 Å². The fourth-order valence-electron chi connectivity index (χ4n) is 3.67. The van der Waals surface area contributed by atoms with Gasteiger partial charge in [-0.15, -0.1) is 0 Å². The van der Waals surface area contributed by atoms with Gasteiger partial charge in [-0.05, 0) is 47.4 Å². The molecule has 96 valence electrons. The maximum Gasteiger partial charge on any atom is 0.140 e. The highest BCUT2D eigenvalue weighted by Gasteiger charge is 2.47. The third-order valence-corrected chi connectivity index (χ3v) is 4.89. The highest BCUT2D eigenvalue weighted by Crippen LogP contribution is 2.54. The summed E-state index contributed by atoms with van der Waals surface area (Å²) < 4.78 is 0. The predicted molar refractivity (Wildman–Crippen MR) is 77.0 cm³/mol.